The molecule has 2 atom stereocenters. The molecule has 4 nitrogen and oxygen atoms in total. The van der Waals surface area contributed by atoms with Gasteiger partial charge in [0, 0.05) is 0 Å². The molecule has 0 aromatic heterocycles. The van der Waals surface area contributed by atoms with E-state index in [1.165, 1.54) is 0 Å². The van der Waals surface area contributed by atoms with Crippen LogP contribution in [0.5, 0.6) is 0 Å². The SMILES string of the molecule is CC[C@H](C=O)O[C@@H](N)C=O. The molecule has 0 radical (unpaired) electrons. The van der Waals surface area contributed by atoms with E-state index in [-0.39, 0.29) is 0 Å². The minimum absolute atomic E-state index is 0.451. The van der Waals surface area contributed by atoms with Gasteiger partial charge >= 0.3 is 0 Å². The predicted molar refractivity (Wildman–Crippen MR) is 35.3 cm³/mol. The molecule has 0 heterocycles. The van der Waals surface area contributed by atoms with Crippen LogP contribution in [0.1, 0.15) is 13.3 Å². The lowest BCUT2D eigenvalue weighted by atomic mass is 10.3. The van der Waals surface area contributed by atoms with Gasteiger partial charge in [0.2, 0.25) is 0 Å². The minimum atomic E-state index is -0.977. The Bertz CT molecular complexity index is 116. The molecule has 0 fully saturated rings. The maximum atomic E-state index is 10.1. The van der Waals surface area contributed by atoms with Gasteiger partial charge in [-0.1, -0.05) is 6.92 Å². The number of hydrogen-bond acceptors (Lipinski definition) is 4. The molecule has 58 valence electrons. The molecule has 0 bridgehead atoms. The van der Waals surface area contributed by atoms with E-state index < -0.39 is 12.3 Å². The lowest BCUT2D eigenvalue weighted by Crippen LogP contribution is -2.31. The molecule has 0 aromatic carbocycles. The van der Waals surface area contributed by atoms with Crippen molar-refractivity contribution in [3.05, 3.63) is 0 Å². The van der Waals surface area contributed by atoms with E-state index in [0.717, 1.165) is 0 Å². The molecule has 0 aliphatic carbocycles. The first-order valence-electron chi connectivity index (χ1n) is 3.06. The number of aldehydes is 2. The van der Waals surface area contributed by atoms with Gasteiger partial charge in [-0.2, -0.15) is 0 Å². The first-order chi connectivity index (χ1) is 4.74. The van der Waals surface area contributed by atoms with Crippen LogP contribution in [0.25, 0.3) is 0 Å². The molecule has 4 heteroatoms. The number of carbonyl (C=O) groups is 2. The number of carbonyl (C=O) groups excluding carboxylic acids is 2. The molecule has 10 heavy (non-hydrogen) atoms. The van der Waals surface area contributed by atoms with Crippen molar-refractivity contribution in [3.63, 3.8) is 0 Å². The highest BCUT2D eigenvalue weighted by molar-refractivity contribution is 5.58. The van der Waals surface area contributed by atoms with E-state index in [1.807, 2.05) is 0 Å². The second-order valence-electron chi connectivity index (χ2n) is 1.82. The van der Waals surface area contributed by atoms with Crippen LogP contribution < -0.4 is 5.73 Å². The smallest absolute Gasteiger partial charge is 0.163 e. The van der Waals surface area contributed by atoms with Gasteiger partial charge in [0.25, 0.3) is 0 Å². The summed E-state index contributed by atoms with van der Waals surface area (Å²) in [6.45, 7) is 1.77. The Kier molecular flexibility index (Phi) is 4.70. The van der Waals surface area contributed by atoms with Crippen LogP contribution >= 0.6 is 0 Å². The molecule has 0 saturated carbocycles. The normalized spacial score (nSPS) is 15.8. The van der Waals surface area contributed by atoms with Crippen molar-refractivity contribution in [1.29, 1.82) is 0 Å². The summed E-state index contributed by atoms with van der Waals surface area (Å²) in [6, 6.07) is 0. The molecule has 0 rings (SSSR count). The van der Waals surface area contributed by atoms with Crippen molar-refractivity contribution in [2.75, 3.05) is 0 Å². The molecule has 0 aromatic rings. The quantitative estimate of drug-likeness (QED) is 0.417. The Balaban J connectivity index is 3.61. The van der Waals surface area contributed by atoms with E-state index >= 15 is 0 Å². The number of rotatable bonds is 5. The molecule has 0 aliphatic rings. The zero-order valence-corrected chi connectivity index (χ0v) is 5.82. The highest BCUT2D eigenvalue weighted by Gasteiger charge is 2.08. The number of hydrogen-bond donors (Lipinski definition) is 1. The third-order valence-corrected chi connectivity index (χ3v) is 1.02. The second kappa shape index (κ2) is 5.08. The molecule has 0 saturated heterocycles. The zero-order valence-electron chi connectivity index (χ0n) is 5.82. The molecule has 2 N–H and O–H groups in total. The summed E-state index contributed by atoms with van der Waals surface area (Å²) in [5, 5.41) is 0. The average molecular weight is 145 g/mol. The van der Waals surface area contributed by atoms with Gasteiger partial charge in [-0.25, -0.2) is 0 Å². The van der Waals surface area contributed by atoms with Crippen molar-refractivity contribution in [2.24, 2.45) is 5.73 Å². The Morgan fingerprint density at radius 1 is 1.50 bits per heavy atom. The van der Waals surface area contributed by atoms with E-state index in [0.29, 0.717) is 19.0 Å². The fourth-order valence-corrected chi connectivity index (χ4v) is 0.458. The van der Waals surface area contributed by atoms with Crippen molar-refractivity contribution in [2.45, 2.75) is 25.7 Å². The first-order valence-corrected chi connectivity index (χ1v) is 3.06. The summed E-state index contributed by atoms with van der Waals surface area (Å²) < 4.78 is 4.74. The van der Waals surface area contributed by atoms with Crippen molar-refractivity contribution in [3.8, 4) is 0 Å². The Morgan fingerprint density at radius 2 is 2.10 bits per heavy atom. The van der Waals surface area contributed by atoms with E-state index in [9.17, 15) is 9.59 Å². The maximum absolute atomic E-state index is 10.1. The summed E-state index contributed by atoms with van der Waals surface area (Å²) in [7, 11) is 0. The molecule has 0 unspecified atom stereocenters. The van der Waals surface area contributed by atoms with Crippen molar-refractivity contribution < 1.29 is 14.3 Å². The van der Waals surface area contributed by atoms with Gasteiger partial charge in [-0.05, 0) is 6.42 Å². The molecule has 0 amide bonds. The standard InChI is InChI=1S/C6H11NO3/c1-2-5(3-8)10-6(7)4-9/h3-6H,2,7H2,1H3/t5-,6-/m1/s1. The lowest BCUT2D eigenvalue weighted by molar-refractivity contribution is -0.129. The molecule has 0 aliphatic heterocycles. The van der Waals surface area contributed by atoms with Crippen LogP contribution in [0.3, 0.4) is 0 Å². The van der Waals surface area contributed by atoms with Crippen LogP contribution in [-0.4, -0.2) is 24.9 Å². The topological polar surface area (TPSA) is 69.4 Å². The molecular formula is C6H11NO3. The molecule has 0 spiro atoms. The highest BCUT2D eigenvalue weighted by atomic mass is 16.5. The Hall–Kier alpha value is -0.740. The van der Waals surface area contributed by atoms with Gasteiger partial charge < -0.3 is 9.53 Å². The number of ether oxygens (including phenoxy) is 1. The van der Waals surface area contributed by atoms with Crippen LogP contribution in [0.15, 0.2) is 0 Å². The monoisotopic (exact) mass is 145 g/mol. The van der Waals surface area contributed by atoms with Gasteiger partial charge in [-0.3, -0.25) is 10.5 Å². The van der Waals surface area contributed by atoms with E-state index in [1.54, 1.807) is 6.92 Å². The summed E-state index contributed by atoms with van der Waals surface area (Å²) >= 11 is 0. The lowest BCUT2D eigenvalue weighted by Gasteiger charge is -2.10. The van der Waals surface area contributed by atoms with Crippen molar-refractivity contribution >= 4 is 12.6 Å². The minimum Gasteiger partial charge on any atom is -0.346 e. The van der Waals surface area contributed by atoms with Crippen LogP contribution in [0.4, 0.5) is 0 Å². The predicted octanol–water partition coefficient (Wildman–Crippen LogP) is -0.536. The van der Waals surface area contributed by atoms with E-state index in [4.69, 9.17) is 10.5 Å². The highest BCUT2D eigenvalue weighted by Crippen LogP contribution is 1.94. The fraction of sp³-hybridized carbons (Fsp3) is 0.667. The van der Waals surface area contributed by atoms with Gasteiger partial charge in [0.15, 0.2) is 12.5 Å². The molecular weight excluding hydrogens is 134 g/mol. The first kappa shape index (κ1) is 9.26. The largest absolute Gasteiger partial charge is 0.346 e. The van der Waals surface area contributed by atoms with Gasteiger partial charge in [0.05, 0.1) is 0 Å². The summed E-state index contributed by atoms with van der Waals surface area (Å²) in [6.07, 6.45) is 0.0796. The van der Waals surface area contributed by atoms with Gasteiger partial charge in [0.1, 0.15) is 12.4 Å². The third kappa shape index (κ3) is 3.32. The van der Waals surface area contributed by atoms with Gasteiger partial charge in [-0.15, -0.1) is 0 Å². The maximum Gasteiger partial charge on any atom is 0.163 e. The zero-order chi connectivity index (χ0) is 7.98. The summed E-state index contributed by atoms with van der Waals surface area (Å²) in [4.78, 5) is 20.0. The third-order valence-electron chi connectivity index (χ3n) is 1.02. The average Bonchev–Trinajstić information content (AvgIpc) is 1.99. The van der Waals surface area contributed by atoms with Crippen LogP contribution in [-0.2, 0) is 14.3 Å². The number of nitrogens with two attached hydrogens (primary N) is 1. The van der Waals surface area contributed by atoms with E-state index in [2.05, 4.69) is 0 Å². The van der Waals surface area contributed by atoms with Crippen molar-refractivity contribution in [1.82, 2.24) is 0 Å². The fourth-order valence-electron chi connectivity index (χ4n) is 0.458. The summed E-state index contributed by atoms with van der Waals surface area (Å²) in [5.41, 5.74) is 5.08. The Labute approximate surface area is 59.3 Å². The Morgan fingerprint density at radius 3 is 2.40 bits per heavy atom. The summed E-state index contributed by atoms with van der Waals surface area (Å²) in [5.74, 6) is 0. The van der Waals surface area contributed by atoms with Crippen LogP contribution in [0, 0.1) is 0 Å². The second-order valence-corrected chi connectivity index (χ2v) is 1.82. The van der Waals surface area contributed by atoms with Crippen LogP contribution in [0.2, 0.25) is 0 Å².